The summed E-state index contributed by atoms with van der Waals surface area (Å²) in [5.74, 6) is -1.21. The van der Waals surface area contributed by atoms with Crippen molar-refractivity contribution >= 4 is 11.9 Å². The monoisotopic (exact) mass is 295 g/mol. The fraction of sp³-hybridized carbons (Fsp3) is 0.600. The number of nitrogens with one attached hydrogen (secondary N) is 1. The molecule has 0 radical (unpaired) electrons. The molecule has 2 N–H and O–H groups in total. The molecule has 0 spiro atoms. The van der Waals surface area contributed by atoms with E-state index in [1.54, 1.807) is 12.3 Å². The molecule has 1 rings (SSSR count). The highest BCUT2D eigenvalue weighted by molar-refractivity contribution is 5.86. The van der Waals surface area contributed by atoms with Gasteiger partial charge in [-0.1, -0.05) is 0 Å². The lowest BCUT2D eigenvalue weighted by atomic mass is 10.2. The molecule has 0 aliphatic rings. The first kappa shape index (κ1) is 17.2. The van der Waals surface area contributed by atoms with Gasteiger partial charge in [0.2, 0.25) is 5.91 Å². The van der Waals surface area contributed by atoms with Gasteiger partial charge in [0.15, 0.2) is 0 Å². The van der Waals surface area contributed by atoms with Crippen molar-refractivity contribution < 1.29 is 14.7 Å². The summed E-state index contributed by atoms with van der Waals surface area (Å²) < 4.78 is 1.43. The first-order valence-electron chi connectivity index (χ1n) is 7.23. The molecule has 0 bridgehead atoms. The number of nitrogens with zero attached hydrogens (tertiary/aromatic N) is 2. The molecule has 0 aliphatic heterocycles. The predicted molar refractivity (Wildman–Crippen MR) is 81.4 cm³/mol. The highest BCUT2D eigenvalue weighted by Gasteiger charge is 2.14. The molecule has 6 nitrogen and oxygen atoms in total. The van der Waals surface area contributed by atoms with Crippen molar-refractivity contribution in [1.29, 1.82) is 0 Å². The van der Waals surface area contributed by atoms with Gasteiger partial charge in [0.25, 0.3) is 0 Å². The minimum atomic E-state index is -1.03. The predicted octanol–water partition coefficient (Wildman–Crippen LogP) is 1.42. The van der Waals surface area contributed by atoms with Crippen LogP contribution in [0.2, 0.25) is 0 Å². The quantitative estimate of drug-likeness (QED) is 0.760. The van der Waals surface area contributed by atoms with Crippen LogP contribution in [0.1, 0.15) is 38.2 Å². The van der Waals surface area contributed by atoms with Crippen LogP contribution in [-0.4, -0.2) is 51.6 Å². The second kappa shape index (κ2) is 7.83. The Morgan fingerprint density at radius 3 is 2.43 bits per heavy atom. The second-order valence-corrected chi connectivity index (χ2v) is 5.60. The first-order chi connectivity index (χ1) is 9.82. The minimum absolute atomic E-state index is 0.0258. The van der Waals surface area contributed by atoms with Gasteiger partial charge in [0, 0.05) is 31.4 Å². The number of hydrogen-bond donors (Lipinski definition) is 2. The maximum absolute atomic E-state index is 11.9. The largest absolute Gasteiger partial charge is 0.477 e. The maximum atomic E-state index is 11.9. The average molecular weight is 295 g/mol. The van der Waals surface area contributed by atoms with E-state index >= 15 is 0 Å². The Balaban J connectivity index is 2.44. The normalized spacial score (nSPS) is 11.4. The van der Waals surface area contributed by atoms with Crippen molar-refractivity contribution in [3.63, 3.8) is 0 Å². The highest BCUT2D eigenvalue weighted by atomic mass is 16.4. The van der Waals surface area contributed by atoms with Crippen molar-refractivity contribution in [2.75, 3.05) is 13.1 Å². The zero-order valence-electron chi connectivity index (χ0n) is 13.2. The maximum Gasteiger partial charge on any atom is 0.352 e. The summed E-state index contributed by atoms with van der Waals surface area (Å²) in [4.78, 5) is 25.1. The van der Waals surface area contributed by atoms with Gasteiger partial charge in [-0.3, -0.25) is 9.69 Å². The van der Waals surface area contributed by atoms with Crippen LogP contribution in [-0.2, 0) is 11.3 Å². The van der Waals surface area contributed by atoms with E-state index in [0.717, 1.165) is 6.54 Å². The minimum Gasteiger partial charge on any atom is -0.477 e. The van der Waals surface area contributed by atoms with E-state index in [0.29, 0.717) is 18.6 Å². The van der Waals surface area contributed by atoms with Crippen LogP contribution >= 0.6 is 0 Å². The summed E-state index contributed by atoms with van der Waals surface area (Å²) in [7, 11) is 0. The third-order valence-electron chi connectivity index (χ3n) is 3.38. The molecule has 1 aromatic rings. The molecule has 21 heavy (non-hydrogen) atoms. The van der Waals surface area contributed by atoms with Crippen molar-refractivity contribution in [1.82, 2.24) is 14.8 Å². The molecule has 1 aromatic heterocycles. The Bertz CT molecular complexity index is 472. The van der Waals surface area contributed by atoms with Crippen LogP contribution in [0, 0.1) is 0 Å². The van der Waals surface area contributed by atoms with E-state index in [1.165, 1.54) is 10.6 Å². The van der Waals surface area contributed by atoms with Gasteiger partial charge in [-0.2, -0.15) is 0 Å². The molecule has 6 heteroatoms. The molecule has 1 heterocycles. The standard InChI is InChI=1S/C15H25N3O3/c1-11(2)18(12(3)4)9-7-16-14(19)10-17-8-5-6-13(17)15(20)21/h5-6,8,11-12H,7,9-10H2,1-4H3,(H,16,19)(H,20,21). The number of amides is 1. The van der Waals surface area contributed by atoms with Crippen LogP contribution < -0.4 is 5.32 Å². The zero-order valence-corrected chi connectivity index (χ0v) is 13.2. The van der Waals surface area contributed by atoms with Gasteiger partial charge >= 0.3 is 5.97 Å². The van der Waals surface area contributed by atoms with Gasteiger partial charge in [-0.15, -0.1) is 0 Å². The summed E-state index contributed by atoms with van der Waals surface area (Å²) in [6.07, 6.45) is 1.59. The van der Waals surface area contributed by atoms with Crippen molar-refractivity contribution in [3.05, 3.63) is 24.0 Å². The number of rotatable bonds is 8. The van der Waals surface area contributed by atoms with Crippen molar-refractivity contribution in [2.24, 2.45) is 0 Å². The van der Waals surface area contributed by atoms with E-state index in [9.17, 15) is 9.59 Å². The Kier molecular flexibility index (Phi) is 6.42. The lowest BCUT2D eigenvalue weighted by Gasteiger charge is -2.30. The molecular formula is C15H25N3O3. The van der Waals surface area contributed by atoms with Gasteiger partial charge in [0.1, 0.15) is 12.2 Å². The van der Waals surface area contributed by atoms with Gasteiger partial charge in [-0.05, 0) is 39.8 Å². The molecule has 0 saturated carbocycles. The Morgan fingerprint density at radius 2 is 1.90 bits per heavy atom. The second-order valence-electron chi connectivity index (χ2n) is 5.60. The number of aromatic nitrogens is 1. The molecular weight excluding hydrogens is 270 g/mol. The number of carbonyl (C=O) groups excluding carboxylic acids is 1. The molecule has 0 fully saturated rings. The topological polar surface area (TPSA) is 74.6 Å². The number of carboxylic acid groups (broad SMARTS) is 1. The molecule has 0 aromatic carbocycles. The van der Waals surface area contributed by atoms with E-state index in [-0.39, 0.29) is 18.1 Å². The SMILES string of the molecule is CC(C)N(CCNC(=O)Cn1cccc1C(=O)O)C(C)C. The molecule has 0 atom stereocenters. The van der Waals surface area contributed by atoms with E-state index in [1.807, 2.05) is 0 Å². The first-order valence-corrected chi connectivity index (χ1v) is 7.23. The van der Waals surface area contributed by atoms with Crippen LogP contribution in [0.25, 0.3) is 0 Å². The zero-order chi connectivity index (χ0) is 16.0. The Hall–Kier alpha value is -1.82. The average Bonchev–Trinajstić information content (AvgIpc) is 2.81. The third kappa shape index (κ3) is 5.23. The van der Waals surface area contributed by atoms with Crippen molar-refractivity contribution in [2.45, 2.75) is 46.3 Å². The Labute approximate surface area is 125 Å². The number of aromatic carboxylic acids is 1. The fourth-order valence-electron chi connectivity index (χ4n) is 2.39. The molecule has 0 unspecified atom stereocenters. The van der Waals surface area contributed by atoms with Gasteiger partial charge in [0.05, 0.1) is 0 Å². The number of carboxylic acids is 1. The summed E-state index contributed by atoms with van der Waals surface area (Å²) in [5.41, 5.74) is 0.121. The number of carbonyl (C=O) groups is 2. The van der Waals surface area contributed by atoms with E-state index in [4.69, 9.17) is 5.11 Å². The smallest absolute Gasteiger partial charge is 0.352 e. The fourth-order valence-corrected chi connectivity index (χ4v) is 2.39. The summed E-state index contributed by atoms with van der Waals surface area (Å²) in [6.45, 7) is 9.86. The summed E-state index contributed by atoms with van der Waals surface area (Å²) in [5, 5.41) is 11.8. The van der Waals surface area contributed by atoms with Gasteiger partial charge < -0.3 is 15.0 Å². The van der Waals surface area contributed by atoms with Gasteiger partial charge in [-0.25, -0.2) is 4.79 Å². The molecule has 1 amide bonds. The Morgan fingerprint density at radius 1 is 1.29 bits per heavy atom. The van der Waals surface area contributed by atoms with E-state index < -0.39 is 5.97 Å². The molecule has 118 valence electrons. The lowest BCUT2D eigenvalue weighted by Crippen LogP contribution is -2.43. The van der Waals surface area contributed by atoms with E-state index in [2.05, 4.69) is 37.9 Å². The highest BCUT2D eigenvalue weighted by Crippen LogP contribution is 2.04. The van der Waals surface area contributed by atoms with Crippen molar-refractivity contribution in [3.8, 4) is 0 Å². The lowest BCUT2D eigenvalue weighted by molar-refractivity contribution is -0.121. The summed E-state index contributed by atoms with van der Waals surface area (Å²) >= 11 is 0. The molecule has 0 saturated heterocycles. The molecule has 0 aliphatic carbocycles. The number of hydrogen-bond acceptors (Lipinski definition) is 3. The van der Waals surface area contributed by atoms with Crippen LogP contribution in [0.3, 0.4) is 0 Å². The van der Waals surface area contributed by atoms with Crippen LogP contribution in [0.4, 0.5) is 0 Å². The van der Waals surface area contributed by atoms with Crippen LogP contribution in [0.15, 0.2) is 18.3 Å². The third-order valence-corrected chi connectivity index (χ3v) is 3.38. The van der Waals surface area contributed by atoms with Crippen LogP contribution in [0.5, 0.6) is 0 Å². The summed E-state index contributed by atoms with van der Waals surface area (Å²) in [6, 6.07) is 3.94.